The third-order valence-corrected chi connectivity index (χ3v) is 9.50. The van der Waals surface area contributed by atoms with Crippen LogP contribution in [0.15, 0.2) is 107 Å². The van der Waals surface area contributed by atoms with Crippen molar-refractivity contribution in [1.82, 2.24) is 0 Å². The minimum Gasteiger partial charge on any atom is -0.744 e. The average molecular weight is 743 g/mol. The molecule has 0 spiro atoms. The number of benzene rings is 4. The first-order valence-electron chi connectivity index (χ1n) is 14.5. The van der Waals surface area contributed by atoms with Crippen molar-refractivity contribution in [1.29, 1.82) is 0 Å². The van der Waals surface area contributed by atoms with Crippen LogP contribution in [0.3, 0.4) is 0 Å². The standard InChI is InChI=1S/C34H26N4O10S2.Li.Na/c1-47-29-15-19(11-13-25(29)35-37-27-17-31(49(41,42)43)21-7-3-5-9-23(21)33(27)39)20-12-14-26(30(16-20)48-2)36-38-28-18-32(50(44,45)46)22-8-4-6-10-24(22)34(28)40;;/h3-18,35-36H,1-2H3,(H,41,42,43)(H,44,45,46);;/q;2*+1/p-2/b37-27+,38-28+;;. The zero-order valence-electron chi connectivity index (χ0n) is 28.0. The van der Waals surface area contributed by atoms with E-state index in [2.05, 4.69) is 21.1 Å². The molecule has 0 radical (unpaired) electrons. The summed E-state index contributed by atoms with van der Waals surface area (Å²) in [4.78, 5) is 24.9. The van der Waals surface area contributed by atoms with Gasteiger partial charge in [-0.1, -0.05) is 60.7 Å². The van der Waals surface area contributed by atoms with E-state index in [1.165, 1.54) is 50.6 Å². The van der Waals surface area contributed by atoms with Crippen molar-refractivity contribution < 1.29 is 93.4 Å². The number of anilines is 2. The second kappa shape index (κ2) is 16.1. The Labute approximate surface area is 332 Å². The Morgan fingerprint density at radius 3 is 1.25 bits per heavy atom. The summed E-state index contributed by atoms with van der Waals surface area (Å²) in [5.41, 5.74) is 6.86. The maximum absolute atomic E-state index is 13.0. The largest absolute Gasteiger partial charge is 1.00 e. The van der Waals surface area contributed by atoms with Crippen molar-refractivity contribution in [3.8, 4) is 22.6 Å². The van der Waals surface area contributed by atoms with Gasteiger partial charge in [0.1, 0.15) is 43.2 Å². The summed E-state index contributed by atoms with van der Waals surface area (Å²) < 4.78 is 82.6. The number of ketones is 2. The quantitative estimate of drug-likeness (QED) is 0.114. The topological polar surface area (TPSA) is 216 Å². The Morgan fingerprint density at radius 2 is 0.923 bits per heavy atom. The summed E-state index contributed by atoms with van der Waals surface area (Å²) in [5.74, 6) is -0.551. The number of fused-ring (bicyclic) bond motifs is 2. The number of nitrogens with one attached hydrogen (secondary N) is 2. The van der Waals surface area contributed by atoms with E-state index >= 15 is 0 Å². The number of nitrogens with zero attached hydrogens (tertiary/aromatic N) is 2. The number of rotatable bonds is 9. The summed E-state index contributed by atoms with van der Waals surface area (Å²) in [6.45, 7) is 0. The molecule has 2 N–H and O–H groups in total. The molecule has 2 aliphatic rings. The molecule has 0 bridgehead atoms. The third kappa shape index (κ3) is 8.16. The van der Waals surface area contributed by atoms with E-state index in [1.807, 2.05) is 0 Å². The molecule has 14 nitrogen and oxygen atoms in total. The number of hydrogen-bond acceptors (Lipinski definition) is 14. The molecule has 0 fully saturated rings. The van der Waals surface area contributed by atoms with E-state index in [1.54, 1.807) is 48.5 Å². The molecular formula is C34H24LiN4NaO10S2. The SMILES string of the molecule is COc1cc(-c2ccc(N/N=C3\C=C(S(=O)(=O)[O-])c4ccccc4C3=O)c(OC)c2)ccc1N/N=C1\C=C(S(=O)(=O)[O-])c2ccccc2C1=O.[Li+].[Na+]. The number of methoxy groups -OCH3 is 2. The molecule has 0 unspecified atom stereocenters. The number of carbonyl (C=O) groups is 2. The molecule has 0 amide bonds. The van der Waals surface area contributed by atoms with E-state index in [9.17, 15) is 35.5 Å². The molecule has 0 heterocycles. The number of carbonyl (C=O) groups excluding carboxylic acids is 2. The van der Waals surface area contributed by atoms with Gasteiger partial charge in [-0.25, -0.2) is 16.8 Å². The first-order valence-corrected chi connectivity index (χ1v) is 17.3. The molecule has 6 rings (SSSR count). The summed E-state index contributed by atoms with van der Waals surface area (Å²) in [5, 5.41) is 8.16. The van der Waals surface area contributed by atoms with E-state index in [4.69, 9.17) is 9.47 Å². The van der Waals surface area contributed by atoms with Crippen LogP contribution in [-0.4, -0.2) is 63.2 Å². The van der Waals surface area contributed by atoms with E-state index < -0.39 is 41.6 Å². The Morgan fingerprint density at radius 1 is 0.577 bits per heavy atom. The Hall–Kier alpha value is -4.34. The van der Waals surface area contributed by atoms with Crippen molar-refractivity contribution in [2.45, 2.75) is 0 Å². The Balaban J connectivity index is 0.00000302. The van der Waals surface area contributed by atoms with Crippen molar-refractivity contribution in [3.63, 3.8) is 0 Å². The van der Waals surface area contributed by atoms with Crippen LogP contribution in [0.25, 0.3) is 20.9 Å². The maximum atomic E-state index is 13.0. The first kappa shape index (κ1) is 40.4. The smallest absolute Gasteiger partial charge is 0.744 e. The maximum Gasteiger partial charge on any atom is 1.00 e. The monoisotopic (exact) mass is 742 g/mol. The van der Waals surface area contributed by atoms with Gasteiger partial charge in [0.2, 0.25) is 11.6 Å². The van der Waals surface area contributed by atoms with Crippen molar-refractivity contribution >= 4 is 64.4 Å². The van der Waals surface area contributed by atoms with Crippen molar-refractivity contribution in [3.05, 3.63) is 119 Å². The van der Waals surface area contributed by atoms with Crippen LogP contribution in [0.5, 0.6) is 11.5 Å². The van der Waals surface area contributed by atoms with Crippen LogP contribution in [0.1, 0.15) is 31.8 Å². The minimum absolute atomic E-state index is 0. The van der Waals surface area contributed by atoms with Gasteiger partial charge in [-0.3, -0.25) is 20.4 Å². The van der Waals surface area contributed by atoms with Gasteiger partial charge in [-0.05, 0) is 47.5 Å². The van der Waals surface area contributed by atoms with Gasteiger partial charge in [0.15, 0.2) is 0 Å². The Bertz CT molecular complexity index is 2290. The fourth-order valence-corrected chi connectivity index (χ4v) is 6.76. The molecule has 0 aliphatic heterocycles. The van der Waals surface area contributed by atoms with Gasteiger partial charge in [-0.2, -0.15) is 10.2 Å². The second-order valence-electron chi connectivity index (χ2n) is 10.7. The number of Topliss-reactive ketones (excluding diaryl/α,β-unsaturated/α-hetero) is 2. The molecule has 52 heavy (non-hydrogen) atoms. The number of allylic oxidation sites excluding steroid dienone is 2. The molecule has 0 atom stereocenters. The first-order chi connectivity index (χ1) is 23.8. The zero-order chi connectivity index (χ0) is 35.8. The van der Waals surface area contributed by atoms with Crippen LogP contribution in [-0.2, 0) is 20.2 Å². The molecule has 4 aromatic carbocycles. The van der Waals surface area contributed by atoms with E-state index in [0.717, 1.165) is 12.2 Å². The van der Waals surface area contributed by atoms with Crippen molar-refractivity contribution in [2.75, 3.05) is 25.1 Å². The molecule has 0 aromatic heterocycles. The predicted octanol–water partition coefficient (Wildman–Crippen LogP) is -1.52. The predicted molar refractivity (Wildman–Crippen MR) is 184 cm³/mol. The summed E-state index contributed by atoms with van der Waals surface area (Å²) in [6, 6.07) is 21.7. The summed E-state index contributed by atoms with van der Waals surface area (Å²) >= 11 is 0. The summed E-state index contributed by atoms with van der Waals surface area (Å²) in [7, 11) is -7.00. The molecule has 18 heteroatoms. The number of hydrazone groups is 2. The van der Waals surface area contributed by atoms with Crippen LogP contribution in [0.4, 0.5) is 11.4 Å². The molecule has 4 aromatic rings. The van der Waals surface area contributed by atoms with Gasteiger partial charge in [-0.15, -0.1) is 0 Å². The van der Waals surface area contributed by atoms with Crippen LogP contribution in [0, 0.1) is 0 Å². The third-order valence-electron chi connectivity index (χ3n) is 7.74. The Kier molecular flexibility index (Phi) is 12.5. The number of ether oxygens (including phenoxy) is 2. The summed E-state index contributed by atoms with van der Waals surface area (Å²) in [6.07, 6.45) is 1.86. The molecule has 2 aliphatic carbocycles. The second-order valence-corrected chi connectivity index (χ2v) is 13.4. The van der Waals surface area contributed by atoms with Crippen molar-refractivity contribution in [2.24, 2.45) is 10.2 Å². The van der Waals surface area contributed by atoms with Gasteiger partial charge < -0.3 is 18.6 Å². The van der Waals surface area contributed by atoms with Crippen LogP contribution >= 0.6 is 0 Å². The molecule has 0 saturated heterocycles. The van der Waals surface area contributed by atoms with Crippen LogP contribution < -0.4 is 68.7 Å². The van der Waals surface area contributed by atoms with E-state index in [-0.39, 0.29) is 82.1 Å². The molecule has 0 saturated carbocycles. The number of hydrogen-bond donors (Lipinski definition) is 2. The zero-order valence-corrected chi connectivity index (χ0v) is 31.7. The van der Waals surface area contributed by atoms with E-state index in [0.29, 0.717) is 34.0 Å². The van der Waals surface area contributed by atoms with Gasteiger partial charge in [0.25, 0.3) is 0 Å². The fourth-order valence-electron chi connectivity index (χ4n) is 5.35. The average Bonchev–Trinajstić information content (AvgIpc) is 3.10. The molecule has 254 valence electrons. The van der Waals surface area contributed by atoms with Gasteiger partial charge in [0, 0.05) is 22.3 Å². The van der Waals surface area contributed by atoms with Gasteiger partial charge in [0.05, 0.1) is 35.4 Å². The van der Waals surface area contributed by atoms with Crippen LogP contribution in [0.2, 0.25) is 0 Å². The fraction of sp³-hybridized carbons (Fsp3) is 0.0588. The normalized spacial score (nSPS) is 15.3. The van der Waals surface area contributed by atoms with Gasteiger partial charge >= 0.3 is 48.4 Å². The molecular weight excluding hydrogens is 718 g/mol. The minimum atomic E-state index is -4.91.